The Bertz CT molecular complexity index is 1500. The van der Waals surface area contributed by atoms with Gasteiger partial charge in [0, 0.05) is 30.1 Å². The lowest BCUT2D eigenvalue weighted by atomic mass is 9.94. The van der Waals surface area contributed by atoms with Crippen LogP contribution in [0.4, 0.5) is 14.5 Å². The molecular formula is C31H34ClF2N3O4S. The summed E-state index contributed by atoms with van der Waals surface area (Å²) < 4.78 is 54.0. The van der Waals surface area contributed by atoms with Crippen LogP contribution in [0.15, 0.2) is 72.8 Å². The highest BCUT2D eigenvalue weighted by atomic mass is 35.5. The van der Waals surface area contributed by atoms with E-state index in [1.807, 2.05) is 30.3 Å². The molecule has 0 spiro atoms. The number of sulfonamides is 1. The van der Waals surface area contributed by atoms with E-state index >= 15 is 0 Å². The molecule has 0 saturated heterocycles. The summed E-state index contributed by atoms with van der Waals surface area (Å²) in [6.45, 7) is -0.820. The summed E-state index contributed by atoms with van der Waals surface area (Å²) in [5.74, 6) is -3.47. The van der Waals surface area contributed by atoms with Crippen LogP contribution < -0.4 is 9.62 Å². The maximum Gasteiger partial charge on any atom is 0.244 e. The van der Waals surface area contributed by atoms with Crippen molar-refractivity contribution < 1.29 is 26.8 Å². The zero-order chi connectivity index (χ0) is 30.3. The first-order valence-corrected chi connectivity index (χ1v) is 16.1. The van der Waals surface area contributed by atoms with Crippen LogP contribution in [-0.4, -0.2) is 50.0 Å². The molecule has 2 amide bonds. The number of anilines is 1. The lowest BCUT2D eigenvalue weighted by Gasteiger charge is -2.35. The van der Waals surface area contributed by atoms with Crippen LogP contribution >= 0.6 is 11.6 Å². The highest BCUT2D eigenvalue weighted by Crippen LogP contribution is 2.25. The molecule has 4 rings (SSSR count). The number of nitrogens with zero attached hydrogens (tertiary/aromatic N) is 2. The Morgan fingerprint density at radius 3 is 2.26 bits per heavy atom. The first-order valence-electron chi connectivity index (χ1n) is 13.8. The number of amides is 2. The second-order valence-corrected chi connectivity index (χ2v) is 12.8. The lowest BCUT2D eigenvalue weighted by molar-refractivity contribution is -0.140. The zero-order valence-corrected chi connectivity index (χ0v) is 24.9. The fourth-order valence-electron chi connectivity index (χ4n) is 5.16. The van der Waals surface area contributed by atoms with Gasteiger partial charge in [-0.2, -0.15) is 0 Å². The van der Waals surface area contributed by atoms with Crippen molar-refractivity contribution in [2.24, 2.45) is 0 Å². The molecular weight excluding hydrogens is 584 g/mol. The molecule has 0 heterocycles. The van der Waals surface area contributed by atoms with E-state index in [0.29, 0.717) is 14.9 Å². The minimum Gasteiger partial charge on any atom is -0.352 e. The predicted octanol–water partition coefficient (Wildman–Crippen LogP) is 5.47. The second-order valence-electron chi connectivity index (χ2n) is 10.5. The highest BCUT2D eigenvalue weighted by Gasteiger charge is 2.34. The molecule has 3 aromatic rings. The molecule has 1 aliphatic carbocycles. The Balaban J connectivity index is 1.74. The van der Waals surface area contributed by atoms with E-state index in [9.17, 15) is 26.8 Å². The largest absolute Gasteiger partial charge is 0.352 e. The minimum absolute atomic E-state index is 0.0310. The zero-order valence-electron chi connectivity index (χ0n) is 23.3. The number of hydrogen-bond donors (Lipinski definition) is 1. The van der Waals surface area contributed by atoms with Crippen LogP contribution in [0.5, 0.6) is 0 Å². The van der Waals surface area contributed by atoms with E-state index in [2.05, 4.69) is 5.32 Å². The van der Waals surface area contributed by atoms with Crippen LogP contribution in [0.25, 0.3) is 0 Å². The summed E-state index contributed by atoms with van der Waals surface area (Å²) in [7, 11) is -4.11. The maximum absolute atomic E-state index is 14.1. The molecule has 0 aromatic heterocycles. The van der Waals surface area contributed by atoms with Gasteiger partial charge in [-0.05, 0) is 42.2 Å². The molecule has 7 nitrogen and oxygen atoms in total. The van der Waals surface area contributed by atoms with Crippen LogP contribution in [0.2, 0.25) is 5.02 Å². The summed E-state index contributed by atoms with van der Waals surface area (Å²) >= 11 is 6.46. The third-order valence-corrected chi connectivity index (χ3v) is 8.90. The first kappa shape index (κ1) is 31.4. The van der Waals surface area contributed by atoms with Gasteiger partial charge in [0.15, 0.2) is 11.6 Å². The van der Waals surface area contributed by atoms with Crippen molar-refractivity contribution in [3.63, 3.8) is 0 Å². The maximum atomic E-state index is 14.1. The topological polar surface area (TPSA) is 86.8 Å². The van der Waals surface area contributed by atoms with Crippen molar-refractivity contribution in [3.05, 3.63) is 101 Å². The van der Waals surface area contributed by atoms with E-state index in [-0.39, 0.29) is 30.6 Å². The van der Waals surface area contributed by atoms with Gasteiger partial charge in [0.25, 0.3) is 0 Å². The monoisotopic (exact) mass is 617 g/mol. The standard InChI is InChI=1S/C31H34ClF2N3O4S/c1-42(40,41)37(25-16-17-27(33)28(34)19-25)21-30(38)36(20-23-12-8-9-15-26(23)32)29(18-22-10-4-2-5-11-22)31(39)35-24-13-6-3-7-14-24/h2,4-5,8-12,15-17,19,24,29H,3,6-7,13-14,18,20-21H2,1H3,(H,35,39). The molecule has 1 unspecified atom stereocenters. The molecule has 0 radical (unpaired) electrons. The second kappa shape index (κ2) is 14.1. The van der Waals surface area contributed by atoms with Crippen molar-refractivity contribution in [1.29, 1.82) is 0 Å². The summed E-state index contributed by atoms with van der Waals surface area (Å²) in [4.78, 5) is 29.3. The smallest absolute Gasteiger partial charge is 0.244 e. The number of nitrogens with one attached hydrogen (secondary N) is 1. The highest BCUT2D eigenvalue weighted by molar-refractivity contribution is 7.92. The molecule has 0 bridgehead atoms. The van der Waals surface area contributed by atoms with Gasteiger partial charge in [0.1, 0.15) is 12.6 Å². The van der Waals surface area contributed by atoms with Crippen molar-refractivity contribution in [1.82, 2.24) is 10.2 Å². The Kier molecular flexibility index (Phi) is 10.6. The molecule has 224 valence electrons. The van der Waals surface area contributed by atoms with Crippen LogP contribution in [0, 0.1) is 11.6 Å². The first-order chi connectivity index (χ1) is 20.0. The van der Waals surface area contributed by atoms with Crippen LogP contribution in [-0.2, 0) is 32.6 Å². The van der Waals surface area contributed by atoms with Crippen molar-refractivity contribution in [2.45, 2.75) is 57.2 Å². The van der Waals surface area contributed by atoms with Gasteiger partial charge in [0.2, 0.25) is 21.8 Å². The fraction of sp³-hybridized carbons (Fsp3) is 0.355. The predicted molar refractivity (Wildman–Crippen MR) is 159 cm³/mol. The molecule has 1 saturated carbocycles. The molecule has 11 heteroatoms. The van der Waals surface area contributed by atoms with E-state index in [0.717, 1.165) is 62.1 Å². The molecule has 0 aliphatic heterocycles. The number of hydrogen-bond acceptors (Lipinski definition) is 4. The van der Waals surface area contributed by atoms with E-state index in [4.69, 9.17) is 11.6 Å². The van der Waals surface area contributed by atoms with Gasteiger partial charge in [-0.25, -0.2) is 17.2 Å². The molecule has 3 aromatic carbocycles. The molecule has 1 aliphatic rings. The van der Waals surface area contributed by atoms with Gasteiger partial charge in [0.05, 0.1) is 11.9 Å². The third kappa shape index (κ3) is 8.29. The van der Waals surface area contributed by atoms with E-state index in [1.54, 1.807) is 24.3 Å². The number of halogens is 3. The van der Waals surface area contributed by atoms with E-state index in [1.165, 1.54) is 4.90 Å². The number of carbonyl (C=O) groups excluding carboxylic acids is 2. The van der Waals surface area contributed by atoms with Gasteiger partial charge in [-0.1, -0.05) is 79.4 Å². The fourth-order valence-corrected chi connectivity index (χ4v) is 6.20. The normalized spacial score (nSPS) is 14.7. The SMILES string of the molecule is CS(=O)(=O)N(CC(=O)N(Cc1ccccc1Cl)C(Cc1ccccc1)C(=O)NC1CCCCC1)c1ccc(F)c(F)c1. The average Bonchev–Trinajstić information content (AvgIpc) is 2.96. The van der Waals surface area contributed by atoms with Crippen molar-refractivity contribution in [2.75, 3.05) is 17.1 Å². The molecule has 1 N–H and O–H groups in total. The average molecular weight is 618 g/mol. The summed E-state index contributed by atoms with van der Waals surface area (Å²) in [5.41, 5.74) is 1.15. The molecule has 1 atom stereocenters. The Morgan fingerprint density at radius 2 is 1.62 bits per heavy atom. The van der Waals surface area contributed by atoms with Gasteiger partial charge < -0.3 is 10.2 Å². The summed E-state index contributed by atoms with van der Waals surface area (Å²) in [6, 6.07) is 17.7. The Morgan fingerprint density at radius 1 is 0.952 bits per heavy atom. The third-order valence-electron chi connectivity index (χ3n) is 7.39. The summed E-state index contributed by atoms with van der Waals surface area (Å²) in [6.07, 6.45) is 5.79. The van der Waals surface area contributed by atoms with Gasteiger partial charge in [-0.3, -0.25) is 13.9 Å². The number of benzene rings is 3. The quantitative estimate of drug-likeness (QED) is 0.309. The Hall–Kier alpha value is -3.50. The van der Waals surface area contributed by atoms with Crippen LogP contribution in [0.1, 0.15) is 43.2 Å². The van der Waals surface area contributed by atoms with Crippen molar-refractivity contribution in [3.8, 4) is 0 Å². The number of rotatable bonds is 11. The van der Waals surface area contributed by atoms with Gasteiger partial charge >= 0.3 is 0 Å². The molecule has 42 heavy (non-hydrogen) atoms. The van der Waals surface area contributed by atoms with Gasteiger partial charge in [-0.15, -0.1) is 0 Å². The number of carbonyl (C=O) groups is 2. The lowest BCUT2D eigenvalue weighted by Crippen LogP contribution is -2.55. The summed E-state index contributed by atoms with van der Waals surface area (Å²) in [5, 5.41) is 3.49. The van der Waals surface area contributed by atoms with Crippen molar-refractivity contribution >= 4 is 39.1 Å². The van der Waals surface area contributed by atoms with E-state index < -0.39 is 40.2 Å². The van der Waals surface area contributed by atoms with Crippen LogP contribution in [0.3, 0.4) is 0 Å². The Labute approximate surface area is 250 Å². The minimum atomic E-state index is -4.11. The molecule has 1 fully saturated rings.